The van der Waals surface area contributed by atoms with Crippen LogP contribution in [-0.4, -0.2) is 9.55 Å². The van der Waals surface area contributed by atoms with Crippen molar-refractivity contribution in [3.63, 3.8) is 0 Å². The Morgan fingerprint density at radius 2 is 1.90 bits per heavy atom. The van der Waals surface area contributed by atoms with E-state index in [0.29, 0.717) is 22.0 Å². The molecule has 3 nitrogen and oxygen atoms in total. The highest BCUT2D eigenvalue weighted by Crippen LogP contribution is 2.28. The number of para-hydroxylation sites is 1. The van der Waals surface area contributed by atoms with E-state index in [4.69, 9.17) is 17.3 Å². The average Bonchev–Trinajstić information content (AvgIpc) is 2.77. The van der Waals surface area contributed by atoms with Crippen molar-refractivity contribution in [1.29, 1.82) is 0 Å². The molecule has 0 aliphatic rings. The van der Waals surface area contributed by atoms with E-state index in [0.717, 1.165) is 5.56 Å². The summed E-state index contributed by atoms with van der Waals surface area (Å²) in [5.74, 6) is -0.0659. The van der Waals surface area contributed by atoms with Crippen LogP contribution >= 0.6 is 11.6 Å². The molecule has 2 N–H and O–H groups in total. The lowest BCUT2D eigenvalue weighted by molar-refractivity contribution is 0.636. The second-order valence-electron chi connectivity index (χ2n) is 4.68. The molecule has 0 amide bonds. The molecule has 0 aliphatic heterocycles. The van der Waals surface area contributed by atoms with Gasteiger partial charge in [0.05, 0.1) is 11.6 Å². The molecule has 0 saturated carbocycles. The third-order valence-corrected chi connectivity index (χ3v) is 3.69. The monoisotopic (exact) mass is 289 g/mol. The van der Waals surface area contributed by atoms with Gasteiger partial charge in [-0.3, -0.25) is 0 Å². The number of aromatic nitrogens is 2. The summed E-state index contributed by atoms with van der Waals surface area (Å²) in [5.41, 5.74) is 7.96. The Morgan fingerprint density at radius 1 is 1.20 bits per heavy atom. The Balaban J connectivity index is 2.16. The second-order valence-corrected chi connectivity index (χ2v) is 5.11. The third kappa shape index (κ3) is 2.02. The lowest BCUT2D eigenvalue weighted by Crippen LogP contribution is -2.10. The Bertz CT molecular complexity index is 765. The third-order valence-electron chi connectivity index (χ3n) is 3.44. The Kier molecular flexibility index (Phi) is 3.10. The summed E-state index contributed by atoms with van der Waals surface area (Å²) < 4.78 is 15.6. The van der Waals surface area contributed by atoms with Crippen LogP contribution < -0.4 is 5.73 Å². The molecule has 102 valence electrons. The van der Waals surface area contributed by atoms with E-state index in [1.807, 2.05) is 41.8 Å². The van der Waals surface area contributed by atoms with Gasteiger partial charge in [0, 0.05) is 5.02 Å². The highest BCUT2D eigenvalue weighted by atomic mass is 35.5. The zero-order valence-corrected chi connectivity index (χ0v) is 11.6. The number of hydrogen-bond donors (Lipinski definition) is 1. The van der Waals surface area contributed by atoms with Crippen LogP contribution in [0.2, 0.25) is 5.02 Å². The van der Waals surface area contributed by atoms with Crippen molar-refractivity contribution in [2.45, 2.75) is 13.0 Å². The summed E-state index contributed by atoms with van der Waals surface area (Å²) >= 11 is 5.89. The number of rotatable bonds is 2. The molecule has 1 atom stereocenters. The lowest BCUT2D eigenvalue weighted by Gasteiger charge is -2.16. The number of nitrogen functional groups attached to an aromatic ring is 1. The zero-order valence-electron chi connectivity index (χ0n) is 10.8. The van der Waals surface area contributed by atoms with Gasteiger partial charge in [0.25, 0.3) is 0 Å². The van der Waals surface area contributed by atoms with E-state index in [1.54, 1.807) is 6.07 Å². The summed E-state index contributed by atoms with van der Waals surface area (Å²) in [4.78, 5) is 4.12. The van der Waals surface area contributed by atoms with Gasteiger partial charge in [-0.15, -0.1) is 0 Å². The fourth-order valence-corrected chi connectivity index (χ4v) is 2.52. The normalized spacial score (nSPS) is 12.8. The standard InChI is InChI=1S/C15H13ClFN3/c1-9(10-5-7-11(16)8-6-10)20-13-4-2-3-12(17)14(13)19-15(20)18/h2-9H,1H3,(H2,18,19). The van der Waals surface area contributed by atoms with Crippen molar-refractivity contribution in [3.05, 3.63) is 58.9 Å². The molecule has 1 heterocycles. The predicted octanol–water partition coefficient (Wildman–Crippen LogP) is 4.02. The smallest absolute Gasteiger partial charge is 0.201 e. The highest BCUT2D eigenvalue weighted by Gasteiger charge is 2.17. The molecule has 0 fully saturated rings. The largest absolute Gasteiger partial charge is 0.369 e. The van der Waals surface area contributed by atoms with Crippen LogP contribution in [0.1, 0.15) is 18.5 Å². The van der Waals surface area contributed by atoms with E-state index in [1.165, 1.54) is 6.07 Å². The highest BCUT2D eigenvalue weighted by molar-refractivity contribution is 6.30. The zero-order chi connectivity index (χ0) is 14.3. The van der Waals surface area contributed by atoms with Crippen LogP contribution in [0.3, 0.4) is 0 Å². The minimum atomic E-state index is -0.365. The van der Waals surface area contributed by atoms with Gasteiger partial charge in [0.1, 0.15) is 5.52 Å². The molecular formula is C15H13ClFN3. The van der Waals surface area contributed by atoms with Crippen molar-refractivity contribution in [1.82, 2.24) is 9.55 Å². The molecule has 1 aromatic heterocycles. The molecule has 0 radical (unpaired) electrons. The molecule has 3 aromatic rings. The summed E-state index contributed by atoms with van der Waals surface area (Å²) in [6.07, 6.45) is 0. The number of anilines is 1. The number of imidazole rings is 1. The van der Waals surface area contributed by atoms with Crippen LogP contribution in [0.25, 0.3) is 11.0 Å². The molecule has 0 spiro atoms. The van der Waals surface area contributed by atoms with E-state index in [9.17, 15) is 4.39 Å². The van der Waals surface area contributed by atoms with Gasteiger partial charge in [-0.25, -0.2) is 9.37 Å². The number of nitrogens with two attached hydrogens (primary N) is 1. The first-order chi connectivity index (χ1) is 9.58. The minimum Gasteiger partial charge on any atom is -0.369 e. The average molecular weight is 290 g/mol. The molecule has 0 aliphatic carbocycles. The van der Waals surface area contributed by atoms with Crippen LogP contribution in [0.5, 0.6) is 0 Å². The van der Waals surface area contributed by atoms with Crippen molar-refractivity contribution in [2.75, 3.05) is 5.73 Å². The molecule has 0 bridgehead atoms. The number of halogens is 2. The van der Waals surface area contributed by atoms with Gasteiger partial charge in [0.15, 0.2) is 5.82 Å². The first-order valence-corrected chi connectivity index (χ1v) is 6.63. The van der Waals surface area contributed by atoms with Gasteiger partial charge in [-0.2, -0.15) is 0 Å². The molecule has 5 heteroatoms. The maximum Gasteiger partial charge on any atom is 0.201 e. The SMILES string of the molecule is CC(c1ccc(Cl)cc1)n1c(N)nc2c(F)cccc21. The molecule has 1 unspecified atom stereocenters. The maximum atomic E-state index is 13.7. The van der Waals surface area contributed by atoms with Crippen molar-refractivity contribution >= 4 is 28.6 Å². The van der Waals surface area contributed by atoms with Crippen molar-refractivity contribution < 1.29 is 4.39 Å². The lowest BCUT2D eigenvalue weighted by atomic mass is 10.1. The first-order valence-electron chi connectivity index (χ1n) is 6.25. The number of fused-ring (bicyclic) bond motifs is 1. The van der Waals surface area contributed by atoms with Gasteiger partial charge in [-0.05, 0) is 36.8 Å². The fraction of sp³-hybridized carbons (Fsp3) is 0.133. The number of hydrogen-bond acceptors (Lipinski definition) is 2. The van der Waals surface area contributed by atoms with Crippen LogP contribution in [0.15, 0.2) is 42.5 Å². The summed E-state index contributed by atoms with van der Waals surface area (Å²) in [6.45, 7) is 1.99. The van der Waals surface area contributed by atoms with Gasteiger partial charge in [0.2, 0.25) is 5.95 Å². The first kappa shape index (κ1) is 12.9. The number of benzene rings is 2. The molecule has 20 heavy (non-hydrogen) atoms. The second kappa shape index (κ2) is 4.80. The quantitative estimate of drug-likeness (QED) is 0.774. The molecule has 0 saturated heterocycles. The summed E-state index contributed by atoms with van der Waals surface area (Å²) in [7, 11) is 0. The molecular weight excluding hydrogens is 277 g/mol. The van der Waals surface area contributed by atoms with Crippen molar-refractivity contribution in [2.24, 2.45) is 0 Å². The van der Waals surface area contributed by atoms with E-state index >= 15 is 0 Å². The predicted molar refractivity (Wildman–Crippen MR) is 79.4 cm³/mol. The molecule has 2 aromatic carbocycles. The number of nitrogens with zero attached hydrogens (tertiary/aromatic N) is 2. The van der Waals surface area contributed by atoms with Gasteiger partial charge in [-0.1, -0.05) is 29.8 Å². The van der Waals surface area contributed by atoms with Crippen molar-refractivity contribution in [3.8, 4) is 0 Å². The van der Waals surface area contributed by atoms with E-state index in [2.05, 4.69) is 4.98 Å². The van der Waals surface area contributed by atoms with Crippen LogP contribution in [-0.2, 0) is 0 Å². The van der Waals surface area contributed by atoms with Gasteiger partial charge < -0.3 is 10.3 Å². The van der Waals surface area contributed by atoms with E-state index < -0.39 is 0 Å². The Morgan fingerprint density at radius 3 is 2.60 bits per heavy atom. The van der Waals surface area contributed by atoms with Crippen LogP contribution in [0.4, 0.5) is 10.3 Å². The maximum absolute atomic E-state index is 13.7. The Labute approximate surface area is 120 Å². The molecule has 3 rings (SSSR count). The fourth-order valence-electron chi connectivity index (χ4n) is 2.40. The van der Waals surface area contributed by atoms with Crippen LogP contribution in [0, 0.1) is 5.82 Å². The minimum absolute atomic E-state index is 0.0564. The Hall–Kier alpha value is -2.07. The topological polar surface area (TPSA) is 43.8 Å². The van der Waals surface area contributed by atoms with E-state index in [-0.39, 0.29) is 11.9 Å². The van der Waals surface area contributed by atoms with Gasteiger partial charge >= 0.3 is 0 Å². The summed E-state index contributed by atoms with van der Waals surface area (Å²) in [6, 6.07) is 12.3. The summed E-state index contributed by atoms with van der Waals surface area (Å²) in [5, 5.41) is 0.676.